The van der Waals surface area contributed by atoms with Crippen molar-refractivity contribution in [1.82, 2.24) is 4.90 Å². The number of non-ortho nitro benzene ring substituents is 1. The summed E-state index contributed by atoms with van der Waals surface area (Å²) in [4.78, 5) is 28.8. The number of hydrogen-bond donors (Lipinski definition) is 0. The Morgan fingerprint density at radius 1 is 1.29 bits per heavy atom. The zero-order valence-corrected chi connectivity index (χ0v) is 11.5. The molecule has 2 heterocycles. The van der Waals surface area contributed by atoms with Gasteiger partial charge in [0.05, 0.1) is 4.92 Å². The number of hydrogen-bond acceptors (Lipinski definition) is 4. The Morgan fingerprint density at radius 2 is 2.14 bits per heavy atom. The summed E-state index contributed by atoms with van der Waals surface area (Å²) in [6.07, 6.45) is 5.60. The Kier molecular flexibility index (Phi) is 3.51. The van der Waals surface area contributed by atoms with Gasteiger partial charge in [0.2, 0.25) is 0 Å². The van der Waals surface area contributed by atoms with E-state index in [9.17, 15) is 14.9 Å². The second-order valence-corrected chi connectivity index (χ2v) is 5.18. The predicted molar refractivity (Wildman–Crippen MR) is 78.7 cm³/mol. The molecule has 3 rings (SSSR count). The van der Waals surface area contributed by atoms with Crippen molar-refractivity contribution in [2.45, 2.75) is 25.7 Å². The first-order chi connectivity index (χ1) is 10.1. The van der Waals surface area contributed by atoms with Crippen molar-refractivity contribution >= 4 is 23.5 Å². The second kappa shape index (κ2) is 5.47. The van der Waals surface area contributed by atoms with E-state index in [0.29, 0.717) is 17.8 Å². The minimum Gasteiger partial charge on any atom is -0.295 e. The van der Waals surface area contributed by atoms with Gasteiger partial charge in [-0.15, -0.1) is 0 Å². The quantitative estimate of drug-likeness (QED) is 0.476. The maximum atomic E-state index is 12.3. The zero-order chi connectivity index (χ0) is 14.8. The number of nitrogens with zero attached hydrogens (tertiary/aromatic N) is 3. The number of carbonyl (C=O) groups excluding carboxylic acids is 1. The SMILES string of the molecule is O=C1C(=Cc2cccc([N+](=O)[O-])c2)N=C2CCCCCN12. The first kappa shape index (κ1) is 13.5. The summed E-state index contributed by atoms with van der Waals surface area (Å²) in [6.45, 7) is 0.712. The maximum Gasteiger partial charge on any atom is 0.277 e. The normalized spacial score (nSPS) is 20.2. The van der Waals surface area contributed by atoms with Crippen LogP contribution in [0.5, 0.6) is 0 Å². The first-order valence-corrected chi connectivity index (χ1v) is 7.01. The molecule has 0 bridgehead atoms. The molecule has 1 fully saturated rings. The molecule has 1 saturated heterocycles. The highest BCUT2D eigenvalue weighted by molar-refractivity contribution is 6.14. The Hall–Kier alpha value is -2.50. The molecule has 0 aliphatic carbocycles. The first-order valence-electron chi connectivity index (χ1n) is 7.01. The molecule has 1 aromatic rings. The fraction of sp³-hybridized carbons (Fsp3) is 0.333. The third-order valence-electron chi connectivity index (χ3n) is 3.69. The highest BCUT2D eigenvalue weighted by Gasteiger charge is 2.30. The van der Waals surface area contributed by atoms with Crippen LogP contribution in [0.2, 0.25) is 0 Å². The molecule has 2 aliphatic rings. The third-order valence-corrected chi connectivity index (χ3v) is 3.69. The molecule has 6 heteroatoms. The monoisotopic (exact) mass is 285 g/mol. The largest absolute Gasteiger partial charge is 0.295 e. The minimum atomic E-state index is -0.447. The average Bonchev–Trinajstić information content (AvgIpc) is 2.66. The van der Waals surface area contributed by atoms with E-state index >= 15 is 0 Å². The van der Waals surface area contributed by atoms with Gasteiger partial charge in [-0.05, 0) is 24.5 Å². The van der Waals surface area contributed by atoms with Crippen LogP contribution in [0.15, 0.2) is 35.0 Å². The highest BCUT2D eigenvalue weighted by Crippen LogP contribution is 2.24. The molecule has 0 radical (unpaired) electrons. The molecule has 108 valence electrons. The predicted octanol–water partition coefficient (Wildman–Crippen LogP) is 2.75. The van der Waals surface area contributed by atoms with Crippen molar-refractivity contribution in [3.8, 4) is 0 Å². The van der Waals surface area contributed by atoms with Crippen LogP contribution in [-0.2, 0) is 4.79 Å². The number of nitro groups is 1. The van der Waals surface area contributed by atoms with E-state index in [4.69, 9.17) is 0 Å². The number of carbonyl (C=O) groups is 1. The fourth-order valence-corrected chi connectivity index (χ4v) is 2.63. The van der Waals surface area contributed by atoms with E-state index in [1.54, 1.807) is 23.1 Å². The molecule has 0 spiro atoms. The van der Waals surface area contributed by atoms with Crippen LogP contribution in [0.3, 0.4) is 0 Å². The van der Waals surface area contributed by atoms with Crippen LogP contribution in [0, 0.1) is 10.1 Å². The van der Waals surface area contributed by atoms with Crippen molar-refractivity contribution in [2.24, 2.45) is 4.99 Å². The van der Waals surface area contributed by atoms with Gasteiger partial charge in [-0.3, -0.25) is 19.8 Å². The molecule has 0 unspecified atom stereocenters. The number of fused-ring (bicyclic) bond motifs is 1. The number of aliphatic imine (C=N–C) groups is 1. The Morgan fingerprint density at radius 3 is 2.95 bits per heavy atom. The lowest BCUT2D eigenvalue weighted by atomic mass is 10.1. The molecule has 0 aromatic heterocycles. The lowest BCUT2D eigenvalue weighted by molar-refractivity contribution is -0.384. The molecule has 0 atom stereocenters. The van der Waals surface area contributed by atoms with Crippen molar-refractivity contribution in [1.29, 1.82) is 0 Å². The molecule has 21 heavy (non-hydrogen) atoms. The summed E-state index contributed by atoms with van der Waals surface area (Å²) in [5.74, 6) is 0.729. The van der Waals surface area contributed by atoms with Crippen LogP contribution >= 0.6 is 0 Å². The van der Waals surface area contributed by atoms with Crippen molar-refractivity contribution in [3.05, 3.63) is 45.6 Å². The summed E-state index contributed by atoms with van der Waals surface area (Å²) in [5.41, 5.74) is 0.999. The van der Waals surface area contributed by atoms with Crippen LogP contribution in [0.4, 0.5) is 5.69 Å². The van der Waals surface area contributed by atoms with Gasteiger partial charge >= 0.3 is 0 Å². The Bertz CT molecular complexity index is 664. The van der Waals surface area contributed by atoms with Gasteiger partial charge in [0.25, 0.3) is 11.6 Å². The van der Waals surface area contributed by atoms with E-state index in [0.717, 1.165) is 31.5 Å². The maximum absolute atomic E-state index is 12.3. The number of rotatable bonds is 2. The van der Waals surface area contributed by atoms with Gasteiger partial charge in [0, 0.05) is 25.1 Å². The number of amides is 1. The summed E-state index contributed by atoms with van der Waals surface area (Å²) in [6, 6.07) is 6.22. The van der Waals surface area contributed by atoms with E-state index in [1.165, 1.54) is 12.1 Å². The molecule has 1 aromatic carbocycles. The Balaban J connectivity index is 1.91. The van der Waals surface area contributed by atoms with Crippen molar-refractivity contribution in [2.75, 3.05) is 6.54 Å². The standard InChI is InChI=1S/C15H15N3O3/c19-15-13(16-14-7-2-1-3-8-17(14)15)10-11-5-4-6-12(9-11)18(20)21/h4-6,9-10H,1-3,7-8H2. The van der Waals surface area contributed by atoms with Crippen molar-refractivity contribution < 1.29 is 9.72 Å². The zero-order valence-electron chi connectivity index (χ0n) is 11.5. The number of benzene rings is 1. The minimum absolute atomic E-state index is 0.0111. The second-order valence-electron chi connectivity index (χ2n) is 5.18. The van der Waals surface area contributed by atoms with E-state index in [1.807, 2.05) is 0 Å². The lowest BCUT2D eigenvalue weighted by Gasteiger charge is -2.13. The number of amidine groups is 1. The van der Waals surface area contributed by atoms with Crippen LogP contribution in [0.1, 0.15) is 31.2 Å². The van der Waals surface area contributed by atoms with Crippen LogP contribution < -0.4 is 0 Å². The molecular formula is C15H15N3O3. The van der Waals surface area contributed by atoms with E-state index in [2.05, 4.69) is 4.99 Å². The van der Waals surface area contributed by atoms with Crippen LogP contribution in [0.25, 0.3) is 6.08 Å². The van der Waals surface area contributed by atoms with Gasteiger partial charge < -0.3 is 0 Å². The Labute approximate surface area is 121 Å². The third kappa shape index (κ3) is 2.69. The van der Waals surface area contributed by atoms with Gasteiger partial charge in [-0.25, -0.2) is 4.99 Å². The average molecular weight is 285 g/mol. The topological polar surface area (TPSA) is 75.8 Å². The number of nitro benzene ring substituents is 1. The van der Waals surface area contributed by atoms with Crippen LogP contribution in [-0.4, -0.2) is 28.1 Å². The molecule has 0 saturated carbocycles. The van der Waals surface area contributed by atoms with Crippen molar-refractivity contribution in [3.63, 3.8) is 0 Å². The highest BCUT2D eigenvalue weighted by atomic mass is 16.6. The summed E-state index contributed by atoms with van der Waals surface area (Å²) >= 11 is 0. The molecule has 0 N–H and O–H groups in total. The van der Waals surface area contributed by atoms with Gasteiger partial charge in [0.15, 0.2) is 0 Å². The van der Waals surface area contributed by atoms with Gasteiger partial charge in [-0.1, -0.05) is 18.6 Å². The van der Waals surface area contributed by atoms with E-state index < -0.39 is 4.92 Å². The van der Waals surface area contributed by atoms with Gasteiger partial charge in [-0.2, -0.15) is 0 Å². The molecular weight excluding hydrogens is 270 g/mol. The lowest BCUT2D eigenvalue weighted by Crippen LogP contribution is -2.31. The van der Waals surface area contributed by atoms with Gasteiger partial charge in [0.1, 0.15) is 11.5 Å². The summed E-state index contributed by atoms with van der Waals surface area (Å²) in [5, 5.41) is 10.8. The summed E-state index contributed by atoms with van der Waals surface area (Å²) in [7, 11) is 0. The molecule has 1 amide bonds. The fourth-order valence-electron chi connectivity index (χ4n) is 2.63. The molecule has 2 aliphatic heterocycles. The molecule has 6 nitrogen and oxygen atoms in total. The summed E-state index contributed by atoms with van der Waals surface area (Å²) < 4.78 is 0. The van der Waals surface area contributed by atoms with E-state index in [-0.39, 0.29) is 11.6 Å². The smallest absolute Gasteiger partial charge is 0.277 e.